The van der Waals surface area contributed by atoms with Gasteiger partial charge in [0.25, 0.3) is 0 Å². The number of anilines is 1. The van der Waals surface area contributed by atoms with E-state index in [0.29, 0.717) is 17.5 Å². The number of benzene rings is 1. The Balaban J connectivity index is 2.18. The van der Waals surface area contributed by atoms with E-state index >= 15 is 0 Å². The van der Waals surface area contributed by atoms with Gasteiger partial charge in [0.15, 0.2) is 0 Å². The summed E-state index contributed by atoms with van der Waals surface area (Å²) in [5.41, 5.74) is 1.77. The van der Waals surface area contributed by atoms with Crippen LogP contribution in [-0.2, 0) is 4.74 Å². The van der Waals surface area contributed by atoms with Gasteiger partial charge in [-0.1, -0.05) is 13.8 Å². The van der Waals surface area contributed by atoms with Gasteiger partial charge in [-0.05, 0) is 30.2 Å². The minimum atomic E-state index is -0.285. The van der Waals surface area contributed by atoms with Crippen LogP contribution in [0.5, 0.6) is 0 Å². The van der Waals surface area contributed by atoms with Crippen LogP contribution in [0.2, 0.25) is 0 Å². The Morgan fingerprint density at radius 3 is 2.63 bits per heavy atom. The summed E-state index contributed by atoms with van der Waals surface area (Å²) in [4.78, 5) is 13.8. The highest BCUT2D eigenvalue weighted by Crippen LogP contribution is 2.23. The zero-order valence-corrected chi connectivity index (χ0v) is 11.8. The lowest BCUT2D eigenvalue weighted by molar-refractivity contribution is 0.0601. The van der Waals surface area contributed by atoms with Crippen molar-refractivity contribution in [3.8, 4) is 0 Å². The predicted octanol–water partition coefficient (Wildman–Crippen LogP) is 1.91. The summed E-state index contributed by atoms with van der Waals surface area (Å²) in [7, 11) is 1.40. The minimum Gasteiger partial charge on any atom is -0.465 e. The molecule has 0 radical (unpaired) electrons. The van der Waals surface area contributed by atoms with Crippen molar-refractivity contribution in [1.82, 2.24) is 5.32 Å². The Morgan fingerprint density at radius 2 is 2.05 bits per heavy atom. The molecule has 1 heterocycles. The topological polar surface area (TPSA) is 41.6 Å². The van der Waals surface area contributed by atoms with E-state index in [0.717, 1.165) is 19.6 Å². The van der Waals surface area contributed by atoms with E-state index in [-0.39, 0.29) is 5.97 Å². The molecule has 0 saturated carbocycles. The Bertz CT molecular complexity index is 428. The SMILES string of the molecule is COC(=O)c1ccc(N2CCNC[C@@H]2C(C)C)cc1. The van der Waals surface area contributed by atoms with E-state index in [1.165, 1.54) is 12.8 Å². The first kappa shape index (κ1) is 13.9. The average molecular weight is 262 g/mol. The molecule has 0 unspecified atom stereocenters. The number of hydrogen-bond acceptors (Lipinski definition) is 4. The van der Waals surface area contributed by atoms with Gasteiger partial charge in [0.05, 0.1) is 12.7 Å². The lowest BCUT2D eigenvalue weighted by atomic mass is 9.99. The van der Waals surface area contributed by atoms with Crippen LogP contribution in [0.1, 0.15) is 24.2 Å². The summed E-state index contributed by atoms with van der Waals surface area (Å²) in [6.07, 6.45) is 0. The fourth-order valence-electron chi connectivity index (χ4n) is 2.55. The predicted molar refractivity (Wildman–Crippen MR) is 76.6 cm³/mol. The van der Waals surface area contributed by atoms with Gasteiger partial charge in [-0.25, -0.2) is 4.79 Å². The molecule has 19 heavy (non-hydrogen) atoms. The Morgan fingerprint density at radius 1 is 1.37 bits per heavy atom. The van der Waals surface area contributed by atoms with Gasteiger partial charge in [-0.2, -0.15) is 0 Å². The van der Waals surface area contributed by atoms with Crippen molar-refractivity contribution in [2.45, 2.75) is 19.9 Å². The number of esters is 1. The van der Waals surface area contributed by atoms with Crippen molar-refractivity contribution in [2.24, 2.45) is 5.92 Å². The number of nitrogens with zero attached hydrogens (tertiary/aromatic N) is 1. The number of carbonyl (C=O) groups excluding carboxylic acids is 1. The zero-order chi connectivity index (χ0) is 13.8. The molecule has 0 amide bonds. The lowest BCUT2D eigenvalue weighted by Gasteiger charge is -2.40. The van der Waals surface area contributed by atoms with Crippen LogP contribution < -0.4 is 10.2 Å². The summed E-state index contributed by atoms with van der Waals surface area (Å²) < 4.78 is 4.72. The number of piperazine rings is 1. The van der Waals surface area contributed by atoms with Crippen molar-refractivity contribution < 1.29 is 9.53 Å². The maximum absolute atomic E-state index is 11.4. The van der Waals surface area contributed by atoms with Crippen LogP contribution in [0.4, 0.5) is 5.69 Å². The maximum Gasteiger partial charge on any atom is 0.337 e. The van der Waals surface area contributed by atoms with Gasteiger partial charge >= 0.3 is 5.97 Å². The third kappa shape index (κ3) is 3.07. The highest BCUT2D eigenvalue weighted by Gasteiger charge is 2.25. The van der Waals surface area contributed by atoms with E-state index in [4.69, 9.17) is 4.74 Å². The number of methoxy groups -OCH3 is 1. The first-order chi connectivity index (χ1) is 9.13. The van der Waals surface area contributed by atoms with Gasteiger partial charge < -0.3 is 15.0 Å². The average Bonchev–Trinajstić information content (AvgIpc) is 2.46. The second kappa shape index (κ2) is 6.06. The molecule has 1 saturated heterocycles. The Hall–Kier alpha value is -1.55. The summed E-state index contributed by atoms with van der Waals surface area (Å²) in [5, 5.41) is 3.44. The van der Waals surface area contributed by atoms with Crippen LogP contribution in [-0.4, -0.2) is 38.8 Å². The Kier molecular flexibility index (Phi) is 4.43. The van der Waals surface area contributed by atoms with Crippen molar-refractivity contribution in [3.05, 3.63) is 29.8 Å². The molecular weight excluding hydrogens is 240 g/mol. The first-order valence-electron chi connectivity index (χ1n) is 6.79. The summed E-state index contributed by atoms with van der Waals surface area (Å²) in [5.74, 6) is 0.306. The summed E-state index contributed by atoms with van der Waals surface area (Å²) in [6, 6.07) is 8.18. The van der Waals surface area contributed by atoms with Crippen LogP contribution in [0.3, 0.4) is 0 Å². The molecule has 1 atom stereocenters. The molecule has 1 aliphatic rings. The second-order valence-corrected chi connectivity index (χ2v) is 5.25. The lowest BCUT2D eigenvalue weighted by Crippen LogP contribution is -2.53. The molecule has 0 aliphatic carbocycles. The number of nitrogens with one attached hydrogen (secondary N) is 1. The molecule has 0 bridgehead atoms. The molecule has 0 aromatic heterocycles. The van der Waals surface area contributed by atoms with E-state index in [9.17, 15) is 4.79 Å². The fraction of sp³-hybridized carbons (Fsp3) is 0.533. The molecule has 2 rings (SSSR count). The van der Waals surface area contributed by atoms with Crippen molar-refractivity contribution in [1.29, 1.82) is 0 Å². The smallest absolute Gasteiger partial charge is 0.337 e. The number of ether oxygens (including phenoxy) is 1. The van der Waals surface area contributed by atoms with Crippen LogP contribution in [0.15, 0.2) is 24.3 Å². The molecule has 0 spiro atoms. The molecular formula is C15H22N2O2. The van der Waals surface area contributed by atoms with E-state index in [1.807, 2.05) is 24.3 Å². The maximum atomic E-state index is 11.4. The first-order valence-corrected chi connectivity index (χ1v) is 6.79. The third-order valence-electron chi connectivity index (χ3n) is 3.67. The highest BCUT2D eigenvalue weighted by atomic mass is 16.5. The van der Waals surface area contributed by atoms with Crippen LogP contribution >= 0.6 is 0 Å². The molecule has 1 aromatic carbocycles. The number of hydrogen-bond donors (Lipinski definition) is 1. The number of rotatable bonds is 3. The van der Waals surface area contributed by atoms with Gasteiger partial charge in [0.1, 0.15) is 0 Å². The molecule has 1 fully saturated rings. The Labute approximate surface area is 114 Å². The largest absolute Gasteiger partial charge is 0.465 e. The fourth-order valence-corrected chi connectivity index (χ4v) is 2.55. The quantitative estimate of drug-likeness (QED) is 0.845. The molecule has 104 valence electrons. The van der Waals surface area contributed by atoms with E-state index in [1.54, 1.807) is 0 Å². The molecule has 4 nitrogen and oxygen atoms in total. The van der Waals surface area contributed by atoms with Gasteiger partial charge in [0, 0.05) is 31.4 Å². The van der Waals surface area contributed by atoms with Crippen LogP contribution in [0, 0.1) is 5.92 Å². The van der Waals surface area contributed by atoms with Gasteiger partial charge in [-0.3, -0.25) is 0 Å². The second-order valence-electron chi connectivity index (χ2n) is 5.25. The zero-order valence-electron chi connectivity index (χ0n) is 11.8. The molecule has 1 aliphatic heterocycles. The number of carbonyl (C=O) groups is 1. The van der Waals surface area contributed by atoms with Crippen LogP contribution in [0.25, 0.3) is 0 Å². The van der Waals surface area contributed by atoms with Gasteiger partial charge in [-0.15, -0.1) is 0 Å². The minimum absolute atomic E-state index is 0.285. The van der Waals surface area contributed by atoms with Crippen molar-refractivity contribution in [3.63, 3.8) is 0 Å². The third-order valence-corrected chi connectivity index (χ3v) is 3.67. The van der Waals surface area contributed by atoms with Crippen molar-refractivity contribution in [2.75, 3.05) is 31.6 Å². The normalized spacial score (nSPS) is 19.6. The van der Waals surface area contributed by atoms with Gasteiger partial charge in [0.2, 0.25) is 0 Å². The summed E-state index contributed by atoms with van der Waals surface area (Å²) >= 11 is 0. The van der Waals surface area contributed by atoms with E-state index < -0.39 is 0 Å². The highest BCUT2D eigenvalue weighted by molar-refractivity contribution is 5.89. The molecule has 1 N–H and O–H groups in total. The van der Waals surface area contributed by atoms with E-state index in [2.05, 4.69) is 24.1 Å². The molecule has 4 heteroatoms. The standard InChI is InChI=1S/C15H22N2O2/c1-11(2)14-10-16-8-9-17(14)13-6-4-12(5-7-13)15(18)19-3/h4-7,11,14,16H,8-10H2,1-3H3/t14-/m1/s1. The molecule has 1 aromatic rings. The monoisotopic (exact) mass is 262 g/mol. The van der Waals surface area contributed by atoms with Crippen molar-refractivity contribution >= 4 is 11.7 Å². The summed E-state index contributed by atoms with van der Waals surface area (Å²) in [6.45, 7) is 7.50.